The predicted molar refractivity (Wildman–Crippen MR) is 113 cm³/mol. The quantitative estimate of drug-likeness (QED) is 0.382. The molecule has 0 heterocycles. The summed E-state index contributed by atoms with van der Waals surface area (Å²) in [5.74, 6) is 2.92. The van der Waals surface area contributed by atoms with Crippen LogP contribution < -0.4 is 0 Å². The van der Waals surface area contributed by atoms with Crippen molar-refractivity contribution in [3.05, 3.63) is 91.5 Å². The zero-order valence-corrected chi connectivity index (χ0v) is 16.8. The largest absolute Gasteiger partial charge is 0.372 e. The van der Waals surface area contributed by atoms with E-state index < -0.39 is 9.85 Å². The molecule has 2 saturated carbocycles. The topological polar surface area (TPSA) is 95.5 Å². The first-order valence-corrected chi connectivity index (χ1v) is 10.8. The standard InChI is InChI=1S/C24H22N2O5/c27-25(28)14-6-5-13(21(11-14)26(29)30)12-31-24-19-9-10-20(24)23-18-8-7-17(22(19)23)15-3-1-2-4-16(15)18/h1-6,9-11,17-20,22-24H,7-8,12H2/t17-,18-,19-,20-,22+,23+/m0/s1. The van der Waals surface area contributed by atoms with Crippen molar-refractivity contribution >= 4 is 11.4 Å². The molecule has 7 nitrogen and oxygen atoms in total. The molecule has 5 aliphatic carbocycles. The number of hydrogen-bond donors (Lipinski definition) is 0. The maximum absolute atomic E-state index is 11.5. The number of benzene rings is 2. The second-order valence-electron chi connectivity index (χ2n) is 9.22. The van der Waals surface area contributed by atoms with Gasteiger partial charge in [-0.25, -0.2) is 0 Å². The fourth-order valence-corrected chi connectivity index (χ4v) is 7.04. The van der Waals surface area contributed by atoms with Crippen LogP contribution in [-0.4, -0.2) is 16.0 Å². The third-order valence-electron chi connectivity index (χ3n) is 8.07. The van der Waals surface area contributed by atoms with Gasteiger partial charge in [0.15, 0.2) is 0 Å². The van der Waals surface area contributed by atoms with Crippen molar-refractivity contribution in [2.45, 2.75) is 37.4 Å². The molecule has 4 bridgehead atoms. The highest BCUT2D eigenvalue weighted by Gasteiger charge is 2.61. The smallest absolute Gasteiger partial charge is 0.281 e. The molecular weight excluding hydrogens is 396 g/mol. The summed E-state index contributed by atoms with van der Waals surface area (Å²) in [5, 5.41) is 22.5. The summed E-state index contributed by atoms with van der Waals surface area (Å²) in [4.78, 5) is 21.3. The lowest BCUT2D eigenvalue weighted by Crippen LogP contribution is -2.40. The highest BCUT2D eigenvalue weighted by Crippen LogP contribution is 2.67. The zero-order chi connectivity index (χ0) is 21.3. The van der Waals surface area contributed by atoms with Gasteiger partial charge in [0, 0.05) is 17.9 Å². The van der Waals surface area contributed by atoms with Crippen LogP contribution in [0, 0.1) is 43.9 Å². The van der Waals surface area contributed by atoms with E-state index in [1.807, 2.05) is 0 Å². The lowest BCUT2D eigenvalue weighted by molar-refractivity contribution is -0.394. The highest BCUT2D eigenvalue weighted by molar-refractivity contribution is 5.49. The number of hydrogen-bond acceptors (Lipinski definition) is 5. The Morgan fingerprint density at radius 2 is 1.48 bits per heavy atom. The van der Waals surface area contributed by atoms with E-state index in [9.17, 15) is 20.2 Å². The normalized spacial score (nSPS) is 33.9. The van der Waals surface area contributed by atoms with Crippen LogP contribution in [-0.2, 0) is 11.3 Å². The summed E-state index contributed by atoms with van der Waals surface area (Å²) >= 11 is 0. The fraction of sp³-hybridized carbons (Fsp3) is 0.417. The van der Waals surface area contributed by atoms with Crippen LogP contribution in [0.15, 0.2) is 54.6 Å². The summed E-state index contributed by atoms with van der Waals surface area (Å²) in [5.41, 5.74) is 2.86. The molecule has 0 saturated heterocycles. The van der Waals surface area contributed by atoms with Gasteiger partial charge in [-0.1, -0.05) is 36.4 Å². The lowest BCUT2D eigenvalue weighted by atomic mass is 9.54. The van der Waals surface area contributed by atoms with E-state index in [1.165, 1.54) is 36.1 Å². The van der Waals surface area contributed by atoms with Gasteiger partial charge in [0.2, 0.25) is 0 Å². The summed E-state index contributed by atoms with van der Waals surface area (Å²) < 4.78 is 6.35. The predicted octanol–water partition coefficient (Wildman–Crippen LogP) is 5.11. The van der Waals surface area contributed by atoms with Crippen LogP contribution in [0.4, 0.5) is 11.4 Å². The molecule has 0 aromatic heterocycles. The van der Waals surface area contributed by atoms with Crippen LogP contribution in [0.25, 0.3) is 0 Å². The number of non-ortho nitro benzene ring substituents is 1. The van der Waals surface area contributed by atoms with Crippen LogP contribution in [0.3, 0.4) is 0 Å². The van der Waals surface area contributed by atoms with Crippen LogP contribution in [0.2, 0.25) is 0 Å². The van der Waals surface area contributed by atoms with E-state index in [0.717, 1.165) is 6.07 Å². The SMILES string of the molecule is O=[N+]([O-])c1ccc(COC2[C@H]3C=C[C@H]2[C@@H]2[C@@H]3[C@H]3CC[C@H]2c2ccccc23)c([N+](=O)[O-])c1. The van der Waals surface area contributed by atoms with Crippen LogP contribution in [0.5, 0.6) is 0 Å². The Morgan fingerprint density at radius 3 is 2.03 bits per heavy atom. The number of rotatable bonds is 5. The molecule has 0 radical (unpaired) electrons. The summed E-state index contributed by atoms with van der Waals surface area (Å²) in [7, 11) is 0. The molecule has 0 aliphatic heterocycles. The van der Waals surface area contributed by atoms with E-state index in [0.29, 0.717) is 41.1 Å². The lowest BCUT2D eigenvalue weighted by Gasteiger charge is -2.50. The van der Waals surface area contributed by atoms with Crippen LogP contribution in [0.1, 0.15) is 41.4 Å². The van der Waals surface area contributed by atoms with E-state index in [2.05, 4.69) is 36.4 Å². The van der Waals surface area contributed by atoms with Crippen molar-refractivity contribution in [2.75, 3.05) is 0 Å². The van der Waals surface area contributed by atoms with E-state index in [-0.39, 0.29) is 24.1 Å². The zero-order valence-electron chi connectivity index (χ0n) is 16.8. The summed E-state index contributed by atoms with van der Waals surface area (Å²) in [6.45, 7) is 0.0926. The third kappa shape index (κ3) is 2.62. The maximum atomic E-state index is 11.5. The van der Waals surface area contributed by atoms with Crippen molar-refractivity contribution in [1.29, 1.82) is 0 Å². The minimum Gasteiger partial charge on any atom is -0.372 e. The molecule has 2 aromatic carbocycles. The van der Waals surface area contributed by atoms with Gasteiger partial charge >= 0.3 is 0 Å². The van der Waals surface area contributed by atoms with Gasteiger partial charge in [-0.15, -0.1) is 0 Å². The number of nitrogens with zero attached hydrogens (tertiary/aromatic N) is 2. The molecule has 0 amide bonds. The first kappa shape index (κ1) is 18.7. The van der Waals surface area contributed by atoms with Crippen molar-refractivity contribution in [3.8, 4) is 0 Å². The first-order valence-electron chi connectivity index (χ1n) is 10.8. The maximum Gasteiger partial charge on any atom is 0.281 e. The number of nitro benzene ring substituents is 2. The fourth-order valence-electron chi connectivity index (χ4n) is 7.04. The molecule has 31 heavy (non-hydrogen) atoms. The Labute approximate surface area is 179 Å². The Morgan fingerprint density at radius 1 is 0.871 bits per heavy atom. The third-order valence-corrected chi connectivity index (χ3v) is 8.07. The molecule has 7 heteroatoms. The summed E-state index contributed by atoms with van der Waals surface area (Å²) in [6.07, 6.45) is 7.05. The number of ether oxygens (including phenoxy) is 1. The molecule has 7 rings (SSSR count). The van der Waals surface area contributed by atoms with Crippen molar-refractivity contribution in [3.63, 3.8) is 0 Å². The number of fused-ring (bicyclic) bond motifs is 3. The average Bonchev–Trinajstić information content (AvgIpc) is 3.34. The van der Waals surface area contributed by atoms with Crippen molar-refractivity contribution in [1.82, 2.24) is 0 Å². The molecule has 0 spiro atoms. The minimum atomic E-state index is -0.614. The molecule has 2 aromatic rings. The first-order chi connectivity index (χ1) is 15.0. The Bertz CT molecular complexity index is 1080. The van der Waals surface area contributed by atoms with E-state index >= 15 is 0 Å². The van der Waals surface area contributed by atoms with Crippen molar-refractivity contribution < 1.29 is 14.6 Å². The van der Waals surface area contributed by atoms with Gasteiger partial charge in [-0.2, -0.15) is 0 Å². The molecule has 5 aliphatic rings. The molecule has 6 atom stereocenters. The minimum absolute atomic E-state index is 0.0159. The Balaban J connectivity index is 1.27. The van der Waals surface area contributed by atoms with Gasteiger partial charge in [0.1, 0.15) is 0 Å². The van der Waals surface area contributed by atoms with Gasteiger partial charge in [-0.3, -0.25) is 20.2 Å². The monoisotopic (exact) mass is 418 g/mol. The van der Waals surface area contributed by atoms with Gasteiger partial charge in [-0.05, 0) is 53.7 Å². The summed E-state index contributed by atoms with van der Waals surface area (Å²) in [6, 6.07) is 12.6. The van der Waals surface area contributed by atoms with Gasteiger partial charge < -0.3 is 4.74 Å². The second kappa shape index (κ2) is 6.72. The van der Waals surface area contributed by atoms with Crippen molar-refractivity contribution in [2.24, 2.45) is 23.7 Å². The second-order valence-corrected chi connectivity index (χ2v) is 9.22. The van der Waals surface area contributed by atoms with Gasteiger partial charge in [0.25, 0.3) is 11.4 Å². The molecular formula is C24H22N2O5. The van der Waals surface area contributed by atoms with E-state index in [4.69, 9.17) is 4.74 Å². The Kier molecular flexibility index (Phi) is 4.05. The van der Waals surface area contributed by atoms with E-state index in [1.54, 1.807) is 0 Å². The van der Waals surface area contributed by atoms with Crippen LogP contribution >= 0.6 is 0 Å². The average molecular weight is 418 g/mol. The van der Waals surface area contributed by atoms with Gasteiger partial charge in [0.05, 0.1) is 34.2 Å². The Hall–Kier alpha value is -3.06. The molecule has 2 fully saturated rings. The molecule has 0 unspecified atom stereocenters. The highest BCUT2D eigenvalue weighted by atomic mass is 16.6. The molecule has 0 N–H and O–H groups in total. The molecule has 158 valence electrons. The number of nitro groups is 2.